The lowest BCUT2D eigenvalue weighted by molar-refractivity contribution is 0.661. The predicted octanol–water partition coefficient (Wildman–Crippen LogP) is 10.4. The molecule has 1 heterocycles. The zero-order valence-electron chi connectivity index (χ0n) is 26.2. The van der Waals surface area contributed by atoms with Gasteiger partial charge >= 0.3 is 11.2 Å². The highest BCUT2D eigenvalue weighted by atomic mass is 16.3. The second-order valence-electron chi connectivity index (χ2n) is 11.8. The number of rotatable bonds is 7. The van der Waals surface area contributed by atoms with Gasteiger partial charge in [-0.3, -0.25) is 0 Å². The Hall–Kier alpha value is -5.54. The van der Waals surface area contributed by atoms with Gasteiger partial charge in [0.25, 0.3) is 0 Å². The number of para-hydroxylation sites is 2. The number of nitrogens with zero attached hydrogens (tertiary/aromatic N) is 2. The van der Waals surface area contributed by atoms with E-state index in [9.17, 15) is 0 Å². The Morgan fingerprint density at radius 1 is 0.422 bits per heavy atom. The maximum atomic E-state index is 6.37. The normalized spacial score (nSPS) is 11.1. The van der Waals surface area contributed by atoms with Crippen molar-refractivity contribution in [2.24, 2.45) is 0 Å². The first-order valence-electron chi connectivity index (χ1n) is 15.3. The van der Waals surface area contributed by atoms with Crippen LogP contribution in [0.1, 0.15) is 16.7 Å². The van der Waals surface area contributed by atoms with Crippen molar-refractivity contribution in [3.05, 3.63) is 168 Å². The lowest BCUT2D eigenvalue weighted by atomic mass is 9.80. The summed E-state index contributed by atoms with van der Waals surface area (Å²) in [6, 6.07) is 52.1. The van der Waals surface area contributed by atoms with Crippen molar-refractivity contribution in [1.29, 1.82) is 0 Å². The summed E-state index contributed by atoms with van der Waals surface area (Å²) < 4.78 is 6.37. The monoisotopic (exact) mass is 584 g/mol. The molecule has 3 heteroatoms. The number of fused-ring (bicyclic) bond motifs is 2. The molecule has 0 aliphatic rings. The van der Waals surface area contributed by atoms with Crippen LogP contribution < -0.4 is 9.80 Å². The van der Waals surface area contributed by atoms with Gasteiger partial charge in [0, 0.05) is 68.4 Å². The van der Waals surface area contributed by atoms with Crippen LogP contribution in [0.15, 0.2) is 150 Å². The molecule has 0 atom stereocenters. The molecule has 7 aromatic rings. The lowest BCUT2D eigenvalue weighted by Gasteiger charge is -2.20. The summed E-state index contributed by atoms with van der Waals surface area (Å²) in [4.78, 5) is 4.28. The van der Waals surface area contributed by atoms with Crippen LogP contribution in [0.4, 0.5) is 11.4 Å². The third-order valence-electron chi connectivity index (χ3n) is 8.56. The van der Waals surface area contributed by atoms with Crippen LogP contribution in [0.25, 0.3) is 44.2 Å². The van der Waals surface area contributed by atoms with Gasteiger partial charge in [0.1, 0.15) is 0 Å². The van der Waals surface area contributed by atoms with Crippen molar-refractivity contribution in [2.75, 3.05) is 38.0 Å². The molecule has 0 fully saturated rings. The van der Waals surface area contributed by atoms with E-state index in [1.165, 1.54) is 56.2 Å². The van der Waals surface area contributed by atoms with Gasteiger partial charge in [-0.2, -0.15) is 0 Å². The fourth-order valence-electron chi connectivity index (χ4n) is 6.28. The standard InChI is InChI=1S/C42H36N2O/c1-43(2)31-25-21-29(22-26-31)41(30-23-27-32(28-24-30)44(3)4)35-15-7-5-13-33(35)34-14-6-8-16-36(34)42-37-17-9-11-19-39(37)45-40-20-12-10-18-38(40)42/h5-28H,1-4H3/q+2. The molecule has 3 nitrogen and oxygen atoms in total. The topological polar surface area (TPSA) is 17.8 Å². The molecule has 45 heavy (non-hydrogen) atoms. The summed E-state index contributed by atoms with van der Waals surface area (Å²) in [6.45, 7) is 0. The highest BCUT2D eigenvalue weighted by Gasteiger charge is 2.29. The Morgan fingerprint density at radius 2 is 0.844 bits per heavy atom. The van der Waals surface area contributed by atoms with E-state index in [1.54, 1.807) is 0 Å². The van der Waals surface area contributed by atoms with E-state index in [1.807, 2.05) is 12.1 Å². The third kappa shape index (κ3) is 5.27. The fourth-order valence-corrected chi connectivity index (χ4v) is 6.28. The smallest absolute Gasteiger partial charge is 0.361 e. The van der Waals surface area contributed by atoms with Crippen LogP contribution in [-0.4, -0.2) is 28.2 Å². The zero-order chi connectivity index (χ0) is 30.9. The Balaban J connectivity index is 1.48. The van der Waals surface area contributed by atoms with Crippen molar-refractivity contribution in [2.45, 2.75) is 0 Å². The van der Waals surface area contributed by atoms with Gasteiger partial charge in [0.2, 0.25) is 0 Å². The molecule has 0 saturated heterocycles. The molecular formula is C42H36N2O+2. The average molecular weight is 585 g/mol. The van der Waals surface area contributed by atoms with Crippen LogP contribution >= 0.6 is 0 Å². The summed E-state index contributed by atoms with van der Waals surface area (Å²) >= 11 is 0. The number of hydrogen-bond acceptors (Lipinski definition) is 2. The van der Waals surface area contributed by atoms with Crippen molar-refractivity contribution in [3.63, 3.8) is 0 Å². The largest absolute Gasteiger partial charge is 0.377 e. The van der Waals surface area contributed by atoms with E-state index in [4.69, 9.17) is 4.42 Å². The van der Waals surface area contributed by atoms with Crippen LogP contribution in [0.5, 0.6) is 0 Å². The first-order valence-corrected chi connectivity index (χ1v) is 15.3. The summed E-state index contributed by atoms with van der Waals surface area (Å²) in [7, 11) is 8.32. The van der Waals surface area contributed by atoms with Crippen LogP contribution in [0, 0.1) is 5.92 Å². The average Bonchev–Trinajstić information content (AvgIpc) is 3.08. The molecule has 0 radical (unpaired) electrons. The molecular weight excluding hydrogens is 548 g/mol. The van der Waals surface area contributed by atoms with E-state index in [2.05, 4.69) is 171 Å². The minimum Gasteiger partial charge on any atom is -0.377 e. The SMILES string of the molecule is CN(C)c1ccc([C+](c2ccc(N(C)C)cc2)c2ccccc2-c2ccccc2-c2c3ccccc3[o+]c3ccccc23)cc1. The predicted molar refractivity (Wildman–Crippen MR) is 191 cm³/mol. The fraction of sp³-hybridized carbons (Fsp3) is 0.0952. The van der Waals surface area contributed by atoms with Gasteiger partial charge in [0.15, 0.2) is 0 Å². The maximum Gasteiger partial charge on any atom is 0.361 e. The molecule has 0 N–H and O–H groups in total. The van der Waals surface area contributed by atoms with E-state index in [-0.39, 0.29) is 0 Å². The summed E-state index contributed by atoms with van der Waals surface area (Å²) in [6.07, 6.45) is 0. The summed E-state index contributed by atoms with van der Waals surface area (Å²) in [5.41, 5.74) is 12.4. The molecule has 0 aliphatic heterocycles. The molecule has 0 unspecified atom stereocenters. The minimum atomic E-state index is 0.878. The third-order valence-corrected chi connectivity index (χ3v) is 8.56. The quantitative estimate of drug-likeness (QED) is 0.0803. The van der Waals surface area contributed by atoms with Gasteiger partial charge < -0.3 is 9.80 Å². The van der Waals surface area contributed by atoms with E-state index in [0.717, 1.165) is 21.9 Å². The van der Waals surface area contributed by atoms with Gasteiger partial charge in [-0.15, -0.1) is 0 Å². The molecule has 0 bridgehead atoms. The maximum absolute atomic E-state index is 6.37. The minimum absolute atomic E-state index is 0.878. The van der Waals surface area contributed by atoms with E-state index in [0.29, 0.717) is 0 Å². The van der Waals surface area contributed by atoms with Gasteiger partial charge in [0.05, 0.1) is 33.4 Å². The molecule has 0 spiro atoms. The van der Waals surface area contributed by atoms with Crippen molar-refractivity contribution < 1.29 is 4.42 Å². The van der Waals surface area contributed by atoms with Crippen molar-refractivity contribution in [3.8, 4) is 22.3 Å². The Bertz CT molecular complexity index is 2010. The number of benzene rings is 6. The lowest BCUT2D eigenvalue weighted by Crippen LogP contribution is -2.11. The molecule has 218 valence electrons. The second kappa shape index (κ2) is 11.9. The summed E-state index contributed by atoms with van der Waals surface area (Å²) in [5, 5.41) is 2.20. The number of hydrogen-bond donors (Lipinski definition) is 0. The summed E-state index contributed by atoms with van der Waals surface area (Å²) in [5.74, 6) is 1.20. The molecule has 7 rings (SSSR count). The second-order valence-corrected chi connectivity index (χ2v) is 11.8. The first kappa shape index (κ1) is 28.2. The van der Waals surface area contributed by atoms with Crippen molar-refractivity contribution in [1.82, 2.24) is 0 Å². The molecule has 1 aromatic heterocycles. The Labute approximate surface area is 265 Å². The highest BCUT2D eigenvalue weighted by Crippen LogP contribution is 2.44. The van der Waals surface area contributed by atoms with Crippen LogP contribution in [0.2, 0.25) is 0 Å². The van der Waals surface area contributed by atoms with Gasteiger partial charge in [-0.1, -0.05) is 48.5 Å². The highest BCUT2D eigenvalue weighted by molar-refractivity contribution is 6.10. The zero-order valence-corrected chi connectivity index (χ0v) is 26.2. The van der Waals surface area contributed by atoms with Gasteiger partial charge in [-0.05, 0) is 90.5 Å². The Kier molecular flexibility index (Phi) is 7.44. The first-order chi connectivity index (χ1) is 22.0. The van der Waals surface area contributed by atoms with Gasteiger partial charge in [-0.25, -0.2) is 4.42 Å². The Morgan fingerprint density at radius 3 is 1.36 bits per heavy atom. The molecule has 0 amide bonds. The van der Waals surface area contributed by atoms with Crippen LogP contribution in [0.3, 0.4) is 0 Å². The van der Waals surface area contributed by atoms with Crippen LogP contribution in [-0.2, 0) is 0 Å². The molecule has 0 aliphatic carbocycles. The van der Waals surface area contributed by atoms with Crippen molar-refractivity contribution >= 4 is 33.3 Å². The van der Waals surface area contributed by atoms with E-state index < -0.39 is 0 Å². The molecule has 6 aromatic carbocycles. The molecule has 0 saturated carbocycles. The van der Waals surface area contributed by atoms with E-state index >= 15 is 0 Å². The number of anilines is 2.